The van der Waals surface area contributed by atoms with E-state index in [2.05, 4.69) is 0 Å². The van der Waals surface area contributed by atoms with Gasteiger partial charge >= 0.3 is 11.9 Å². The first kappa shape index (κ1) is 20.2. The Labute approximate surface area is 115 Å². The van der Waals surface area contributed by atoms with Crippen LogP contribution in [0.3, 0.4) is 0 Å². The summed E-state index contributed by atoms with van der Waals surface area (Å²) in [6.45, 7) is 9.88. The van der Waals surface area contributed by atoms with Crippen molar-refractivity contribution in [2.75, 3.05) is 26.9 Å². The van der Waals surface area contributed by atoms with E-state index in [-0.39, 0.29) is 18.0 Å². The van der Waals surface area contributed by atoms with E-state index in [1.807, 2.05) is 6.92 Å². The lowest BCUT2D eigenvalue weighted by Gasteiger charge is -2.08. The normalized spacial score (nSPS) is 12.7. The molecule has 0 saturated carbocycles. The monoisotopic (exact) mass is 278 g/mol. The average molecular weight is 278 g/mol. The zero-order valence-corrected chi connectivity index (χ0v) is 12.7. The minimum atomic E-state index is -0.426. The second-order valence-corrected chi connectivity index (χ2v) is 3.73. The molecule has 0 spiro atoms. The molecular formula is C13H26O6. The van der Waals surface area contributed by atoms with Crippen LogP contribution < -0.4 is 0 Å². The number of hydrogen-bond acceptors (Lipinski definition) is 6. The van der Waals surface area contributed by atoms with Crippen LogP contribution in [0.4, 0.5) is 0 Å². The second-order valence-electron chi connectivity index (χ2n) is 3.73. The lowest BCUT2D eigenvalue weighted by atomic mass is 10.4. The fourth-order valence-electron chi connectivity index (χ4n) is 1.13. The molecular weight excluding hydrogens is 252 g/mol. The summed E-state index contributed by atoms with van der Waals surface area (Å²) in [5.74, 6) is -0.552. The minimum absolute atomic E-state index is 0.132. The largest absolute Gasteiger partial charge is 0.464 e. The van der Waals surface area contributed by atoms with Gasteiger partial charge in [0.2, 0.25) is 0 Å². The van der Waals surface area contributed by atoms with Crippen LogP contribution in [-0.2, 0) is 28.5 Å². The third-order valence-corrected chi connectivity index (χ3v) is 1.80. The molecule has 0 bridgehead atoms. The maximum atomic E-state index is 10.8. The molecule has 0 aromatic heterocycles. The van der Waals surface area contributed by atoms with Gasteiger partial charge < -0.3 is 18.9 Å². The Hall–Kier alpha value is -1.14. The topological polar surface area (TPSA) is 71.1 Å². The van der Waals surface area contributed by atoms with E-state index in [1.165, 1.54) is 6.92 Å². The van der Waals surface area contributed by atoms with E-state index in [9.17, 15) is 9.59 Å². The number of rotatable bonds is 7. The van der Waals surface area contributed by atoms with Crippen molar-refractivity contribution in [1.82, 2.24) is 0 Å². The highest BCUT2D eigenvalue weighted by molar-refractivity contribution is 5.74. The average Bonchev–Trinajstić information content (AvgIpc) is 2.29. The van der Waals surface area contributed by atoms with Crippen LogP contribution in [-0.4, -0.2) is 51.1 Å². The summed E-state index contributed by atoms with van der Waals surface area (Å²) in [5, 5.41) is 0. The van der Waals surface area contributed by atoms with Crippen LogP contribution in [0.25, 0.3) is 0 Å². The van der Waals surface area contributed by atoms with E-state index in [1.54, 1.807) is 27.9 Å². The SMILES string of the molecule is CCOC(=O)C(C)OCC.COCC(C)OC(C)=O. The Morgan fingerprint density at radius 2 is 1.68 bits per heavy atom. The van der Waals surface area contributed by atoms with Gasteiger partial charge in [0.25, 0.3) is 0 Å². The molecule has 114 valence electrons. The van der Waals surface area contributed by atoms with Crippen molar-refractivity contribution in [3.05, 3.63) is 0 Å². The van der Waals surface area contributed by atoms with E-state index >= 15 is 0 Å². The quantitative estimate of drug-likeness (QED) is 0.658. The number of ether oxygens (including phenoxy) is 4. The van der Waals surface area contributed by atoms with Gasteiger partial charge in [0, 0.05) is 20.6 Å². The third-order valence-electron chi connectivity index (χ3n) is 1.80. The van der Waals surface area contributed by atoms with Crippen molar-refractivity contribution in [1.29, 1.82) is 0 Å². The first-order chi connectivity index (χ1) is 8.88. The molecule has 0 aliphatic carbocycles. The molecule has 0 aliphatic rings. The maximum absolute atomic E-state index is 10.8. The van der Waals surface area contributed by atoms with Crippen molar-refractivity contribution in [2.24, 2.45) is 0 Å². The molecule has 0 radical (unpaired) electrons. The molecule has 0 N–H and O–H groups in total. The Balaban J connectivity index is 0. The Morgan fingerprint density at radius 3 is 2.05 bits per heavy atom. The first-order valence-electron chi connectivity index (χ1n) is 6.33. The van der Waals surface area contributed by atoms with Crippen LogP contribution in [0.2, 0.25) is 0 Å². The van der Waals surface area contributed by atoms with E-state index in [0.717, 1.165) is 0 Å². The molecule has 6 nitrogen and oxygen atoms in total. The molecule has 0 saturated heterocycles. The summed E-state index contributed by atoms with van der Waals surface area (Å²) in [4.78, 5) is 21.0. The zero-order chi connectivity index (χ0) is 15.3. The highest BCUT2D eigenvalue weighted by atomic mass is 16.6. The Bertz CT molecular complexity index is 241. The standard InChI is InChI=1S/C7H14O3.C6H12O3/c1-4-9-6(3)7(8)10-5-2;1-5(4-8-3)9-6(2)7/h6H,4-5H2,1-3H3;5H,4H2,1-3H3. The second kappa shape index (κ2) is 13.3. The van der Waals surface area contributed by atoms with Gasteiger partial charge in [-0.05, 0) is 27.7 Å². The van der Waals surface area contributed by atoms with Gasteiger partial charge in [-0.15, -0.1) is 0 Å². The van der Waals surface area contributed by atoms with Crippen molar-refractivity contribution in [3.8, 4) is 0 Å². The van der Waals surface area contributed by atoms with Crippen molar-refractivity contribution in [2.45, 2.75) is 46.8 Å². The van der Waals surface area contributed by atoms with E-state index in [4.69, 9.17) is 18.9 Å². The lowest BCUT2D eigenvalue weighted by Crippen LogP contribution is -2.23. The van der Waals surface area contributed by atoms with Crippen LogP contribution in [0, 0.1) is 0 Å². The predicted octanol–water partition coefficient (Wildman–Crippen LogP) is 1.56. The highest BCUT2D eigenvalue weighted by Gasteiger charge is 2.12. The molecule has 0 rings (SSSR count). The fourth-order valence-corrected chi connectivity index (χ4v) is 1.13. The molecule has 2 unspecified atom stereocenters. The van der Waals surface area contributed by atoms with Gasteiger partial charge in [-0.1, -0.05) is 0 Å². The number of hydrogen-bond donors (Lipinski definition) is 0. The Kier molecular flexibility index (Phi) is 14.1. The van der Waals surface area contributed by atoms with Crippen molar-refractivity contribution >= 4 is 11.9 Å². The summed E-state index contributed by atoms with van der Waals surface area (Å²) in [5.41, 5.74) is 0. The molecule has 6 heteroatoms. The van der Waals surface area contributed by atoms with Gasteiger partial charge in [-0.25, -0.2) is 4.79 Å². The van der Waals surface area contributed by atoms with Crippen LogP contribution >= 0.6 is 0 Å². The summed E-state index contributed by atoms with van der Waals surface area (Å²) in [6, 6.07) is 0. The maximum Gasteiger partial charge on any atom is 0.334 e. The van der Waals surface area contributed by atoms with Crippen LogP contribution in [0.5, 0.6) is 0 Å². The number of esters is 2. The molecule has 0 aliphatic heterocycles. The lowest BCUT2D eigenvalue weighted by molar-refractivity contribution is -0.155. The molecule has 2 atom stereocenters. The summed E-state index contributed by atoms with van der Waals surface area (Å²) in [6.07, 6.45) is -0.558. The first-order valence-corrected chi connectivity index (χ1v) is 6.33. The van der Waals surface area contributed by atoms with Gasteiger partial charge in [0.15, 0.2) is 6.10 Å². The van der Waals surface area contributed by atoms with Crippen molar-refractivity contribution < 1.29 is 28.5 Å². The smallest absolute Gasteiger partial charge is 0.334 e. The predicted molar refractivity (Wildman–Crippen MR) is 70.8 cm³/mol. The fraction of sp³-hybridized carbons (Fsp3) is 0.846. The zero-order valence-electron chi connectivity index (χ0n) is 12.7. The molecule has 0 heterocycles. The molecule has 19 heavy (non-hydrogen) atoms. The van der Waals surface area contributed by atoms with Gasteiger partial charge in [-0.2, -0.15) is 0 Å². The third kappa shape index (κ3) is 14.8. The van der Waals surface area contributed by atoms with Gasteiger partial charge in [0.05, 0.1) is 13.2 Å². The number of carbonyl (C=O) groups excluding carboxylic acids is 2. The summed E-state index contributed by atoms with van der Waals surface area (Å²) in [7, 11) is 1.57. The number of methoxy groups -OCH3 is 1. The van der Waals surface area contributed by atoms with Crippen LogP contribution in [0.15, 0.2) is 0 Å². The van der Waals surface area contributed by atoms with Crippen LogP contribution in [0.1, 0.15) is 34.6 Å². The van der Waals surface area contributed by atoms with E-state index < -0.39 is 6.10 Å². The molecule has 0 aromatic rings. The highest BCUT2D eigenvalue weighted by Crippen LogP contribution is 1.93. The van der Waals surface area contributed by atoms with Crippen molar-refractivity contribution in [3.63, 3.8) is 0 Å². The Morgan fingerprint density at radius 1 is 1.11 bits per heavy atom. The molecule has 0 fully saturated rings. The minimum Gasteiger partial charge on any atom is -0.464 e. The molecule has 0 aromatic carbocycles. The van der Waals surface area contributed by atoms with Gasteiger partial charge in [-0.3, -0.25) is 4.79 Å². The number of carbonyl (C=O) groups is 2. The van der Waals surface area contributed by atoms with E-state index in [0.29, 0.717) is 19.8 Å². The summed E-state index contributed by atoms with van der Waals surface area (Å²) < 4.78 is 19.1. The van der Waals surface area contributed by atoms with Gasteiger partial charge in [0.1, 0.15) is 6.10 Å². The molecule has 0 amide bonds. The summed E-state index contributed by atoms with van der Waals surface area (Å²) >= 11 is 0.